The maximum Gasteiger partial charge on any atom is 0.410 e. The fourth-order valence-electron chi connectivity index (χ4n) is 4.25. The summed E-state index contributed by atoms with van der Waals surface area (Å²) < 4.78 is 49.4. The second-order valence-electron chi connectivity index (χ2n) is 8.96. The number of hydrogen-bond acceptors (Lipinski definition) is 9. The number of hydrogen-bond donors (Lipinski definition) is 1. The Kier molecular flexibility index (Phi) is 7.29. The number of halogens is 1. The van der Waals surface area contributed by atoms with Gasteiger partial charge in [0, 0.05) is 31.9 Å². The molecule has 0 bridgehead atoms. The van der Waals surface area contributed by atoms with E-state index in [2.05, 4.69) is 20.2 Å². The van der Waals surface area contributed by atoms with Crippen LogP contribution in [-0.2, 0) is 14.6 Å². The summed E-state index contributed by atoms with van der Waals surface area (Å²) in [6.07, 6.45) is 4.23. The minimum atomic E-state index is -3.53. The number of anilines is 3. The molecule has 1 aromatic carbocycles. The summed E-state index contributed by atoms with van der Waals surface area (Å²) in [4.78, 5) is 24.8. The van der Waals surface area contributed by atoms with E-state index in [9.17, 15) is 17.6 Å². The van der Waals surface area contributed by atoms with Crippen LogP contribution in [0.25, 0.3) is 0 Å². The van der Waals surface area contributed by atoms with E-state index in [1.54, 1.807) is 4.90 Å². The Hall–Kier alpha value is -3.15. The average molecular weight is 508 g/mol. The lowest BCUT2D eigenvalue weighted by molar-refractivity contribution is 0.0690. The lowest BCUT2D eigenvalue weighted by atomic mass is 10.0. The molecular weight excluding hydrogens is 477 g/mol. The SMILES string of the molecule is CC(C)OC(=O)N1CCC(N2CCCOc3c(Nc4ccc(S(C)(=O)=O)cc4F)ncnc32)CC1. The standard InChI is InChI=1S/C23H30FN5O5S/c1-15(2)34-23(30)28-10-7-16(8-11-28)29-9-4-12-33-20-21(25-14-26-22(20)29)27-19-6-5-17(13-18(19)24)35(3,31)32/h5-6,13-16H,4,7-12H2,1-3H3,(H,25,26,27). The largest absolute Gasteiger partial charge is 0.486 e. The molecule has 2 aliphatic heterocycles. The van der Waals surface area contributed by atoms with Crippen molar-refractivity contribution in [3.63, 3.8) is 0 Å². The number of carbonyl (C=O) groups is 1. The summed E-state index contributed by atoms with van der Waals surface area (Å²) in [6, 6.07) is 3.82. The van der Waals surface area contributed by atoms with Gasteiger partial charge in [0.2, 0.25) is 5.75 Å². The Morgan fingerprint density at radius 2 is 1.97 bits per heavy atom. The minimum Gasteiger partial charge on any atom is -0.486 e. The first-order valence-corrected chi connectivity index (χ1v) is 13.5. The molecule has 1 N–H and O–H groups in total. The Morgan fingerprint density at radius 3 is 2.63 bits per heavy atom. The highest BCUT2D eigenvalue weighted by Crippen LogP contribution is 2.38. The lowest BCUT2D eigenvalue weighted by Crippen LogP contribution is -2.47. The number of nitrogens with one attached hydrogen (secondary N) is 1. The van der Waals surface area contributed by atoms with Gasteiger partial charge in [-0.15, -0.1) is 0 Å². The quantitative estimate of drug-likeness (QED) is 0.651. The molecule has 0 aliphatic carbocycles. The topological polar surface area (TPSA) is 114 Å². The van der Waals surface area contributed by atoms with Gasteiger partial charge in [0.1, 0.15) is 12.1 Å². The number of piperidine rings is 1. The average Bonchev–Trinajstić information content (AvgIpc) is 3.02. The maximum absolute atomic E-state index is 14.7. The van der Waals surface area contributed by atoms with Crippen molar-refractivity contribution in [3.05, 3.63) is 30.3 Å². The van der Waals surface area contributed by atoms with Gasteiger partial charge in [0.25, 0.3) is 0 Å². The van der Waals surface area contributed by atoms with Crippen molar-refractivity contribution in [2.24, 2.45) is 0 Å². The number of ether oxygens (including phenoxy) is 2. The molecule has 10 nitrogen and oxygen atoms in total. The number of nitrogens with zero attached hydrogens (tertiary/aromatic N) is 4. The number of likely N-dealkylation sites (tertiary alicyclic amines) is 1. The van der Waals surface area contributed by atoms with Gasteiger partial charge in [-0.25, -0.2) is 27.6 Å². The van der Waals surface area contributed by atoms with E-state index in [4.69, 9.17) is 9.47 Å². The molecule has 1 saturated heterocycles. The summed E-state index contributed by atoms with van der Waals surface area (Å²) in [6.45, 7) is 5.99. The summed E-state index contributed by atoms with van der Waals surface area (Å²) in [5.74, 6) is 0.604. The van der Waals surface area contributed by atoms with Gasteiger partial charge in [-0.2, -0.15) is 0 Å². The number of benzene rings is 1. The monoisotopic (exact) mass is 507 g/mol. The highest BCUT2D eigenvalue weighted by molar-refractivity contribution is 7.90. The second kappa shape index (κ2) is 10.2. The van der Waals surface area contributed by atoms with Crippen LogP contribution < -0.4 is 15.0 Å². The molecule has 4 rings (SSSR count). The maximum atomic E-state index is 14.7. The number of rotatable bonds is 5. The smallest absolute Gasteiger partial charge is 0.410 e. The molecule has 35 heavy (non-hydrogen) atoms. The zero-order chi connectivity index (χ0) is 25.2. The van der Waals surface area contributed by atoms with Crippen LogP contribution >= 0.6 is 0 Å². The molecule has 1 fully saturated rings. The van der Waals surface area contributed by atoms with E-state index in [-0.39, 0.29) is 28.8 Å². The third-order valence-corrected chi connectivity index (χ3v) is 7.08. The summed E-state index contributed by atoms with van der Waals surface area (Å²) in [7, 11) is -3.53. The van der Waals surface area contributed by atoms with Crippen molar-refractivity contribution in [2.75, 3.05) is 42.7 Å². The van der Waals surface area contributed by atoms with Gasteiger partial charge in [-0.1, -0.05) is 0 Å². The predicted molar refractivity (Wildman–Crippen MR) is 128 cm³/mol. The van der Waals surface area contributed by atoms with Gasteiger partial charge in [0.05, 0.1) is 23.3 Å². The molecule has 0 spiro atoms. The van der Waals surface area contributed by atoms with E-state index >= 15 is 0 Å². The molecule has 2 aromatic rings. The fourth-order valence-corrected chi connectivity index (χ4v) is 4.89. The van der Waals surface area contributed by atoms with Gasteiger partial charge < -0.3 is 24.6 Å². The van der Waals surface area contributed by atoms with Crippen LogP contribution in [0.2, 0.25) is 0 Å². The fraction of sp³-hybridized carbons (Fsp3) is 0.522. The van der Waals surface area contributed by atoms with E-state index in [1.807, 2.05) is 13.8 Å². The molecule has 1 amide bonds. The Balaban J connectivity index is 1.54. The molecule has 0 unspecified atom stereocenters. The number of sulfone groups is 1. The van der Waals surface area contributed by atoms with Crippen molar-refractivity contribution in [1.82, 2.24) is 14.9 Å². The molecule has 2 aliphatic rings. The summed E-state index contributed by atoms with van der Waals surface area (Å²) >= 11 is 0. The lowest BCUT2D eigenvalue weighted by Gasteiger charge is -2.38. The molecular formula is C23H30FN5O5S. The molecule has 0 radical (unpaired) electrons. The van der Waals surface area contributed by atoms with Crippen molar-refractivity contribution in [2.45, 2.75) is 50.2 Å². The van der Waals surface area contributed by atoms with E-state index < -0.39 is 15.7 Å². The Morgan fingerprint density at radius 1 is 1.23 bits per heavy atom. The van der Waals surface area contributed by atoms with Gasteiger partial charge >= 0.3 is 6.09 Å². The van der Waals surface area contributed by atoms with Crippen LogP contribution in [0.15, 0.2) is 29.4 Å². The minimum absolute atomic E-state index is 0.0784. The number of carbonyl (C=O) groups excluding carboxylic acids is 1. The van der Waals surface area contributed by atoms with Crippen LogP contribution in [0.3, 0.4) is 0 Å². The first-order chi connectivity index (χ1) is 16.6. The zero-order valence-corrected chi connectivity index (χ0v) is 20.8. The Labute approximate surface area is 204 Å². The van der Waals surface area contributed by atoms with Crippen LogP contribution in [-0.4, -0.2) is 74.0 Å². The first-order valence-electron chi connectivity index (χ1n) is 11.6. The number of amides is 1. The molecule has 3 heterocycles. The third kappa shape index (κ3) is 5.75. The molecule has 12 heteroatoms. The normalized spacial score (nSPS) is 16.9. The highest BCUT2D eigenvalue weighted by Gasteiger charge is 2.32. The molecule has 0 saturated carbocycles. The molecule has 190 valence electrons. The van der Waals surface area contributed by atoms with Crippen LogP contribution in [0, 0.1) is 5.82 Å². The van der Waals surface area contributed by atoms with E-state index in [0.29, 0.717) is 37.1 Å². The van der Waals surface area contributed by atoms with Crippen molar-refractivity contribution in [1.29, 1.82) is 0 Å². The van der Waals surface area contributed by atoms with E-state index in [1.165, 1.54) is 18.5 Å². The van der Waals surface area contributed by atoms with Gasteiger partial charge in [-0.05, 0) is 51.3 Å². The van der Waals surface area contributed by atoms with Crippen LogP contribution in [0.1, 0.15) is 33.1 Å². The zero-order valence-electron chi connectivity index (χ0n) is 20.0. The van der Waals surface area contributed by atoms with E-state index in [0.717, 1.165) is 38.1 Å². The number of aromatic nitrogens is 2. The summed E-state index contributed by atoms with van der Waals surface area (Å²) in [5, 5.41) is 2.93. The molecule has 1 aromatic heterocycles. The highest BCUT2D eigenvalue weighted by atomic mass is 32.2. The van der Waals surface area contributed by atoms with Gasteiger partial charge in [0.15, 0.2) is 21.5 Å². The molecule has 0 atom stereocenters. The first kappa shape index (κ1) is 25.0. The number of fused-ring (bicyclic) bond motifs is 1. The summed E-state index contributed by atoms with van der Waals surface area (Å²) in [5.41, 5.74) is 0.0784. The van der Waals surface area contributed by atoms with Crippen molar-refractivity contribution >= 4 is 33.3 Å². The van der Waals surface area contributed by atoms with Crippen LogP contribution in [0.4, 0.5) is 26.5 Å². The Bertz CT molecular complexity index is 1180. The van der Waals surface area contributed by atoms with Crippen molar-refractivity contribution < 1.29 is 27.1 Å². The predicted octanol–water partition coefficient (Wildman–Crippen LogP) is 3.36. The third-order valence-electron chi connectivity index (χ3n) is 5.97. The second-order valence-corrected chi connectivity index (χ2v) is 11.0. The van der Waals surface area contributed by atoms with Crippen LogP contribution in [0.5, 0.6) is 5.75 Å². The van der Waals surface area contributed by atoms with Crippen molar-refractivity contribution in [3.8, 4) is 5.75 Å². The van der Waals surface area contributed by atoms with Gasteiger partial charge in [-0.3, -0.25) is 0 Å².